The van der Waals surface area contributed by atoms with Gasteiger partial charge < -0.3 is 20.7 Å². The molecule has 172 valence electrons. The Balaban J connectivity index is 1.48. The highest BCUT2D eigenvalue weighted by Gasteiger charge is 2.11. The molecule has 0 saturated heterocycles. The average molecular weight is 446 g/mol. The summed E-state index contributed by atoms with van der Waals surface area (Å²) >= 11 is 0. The van der Waals surface area contributed by atoms with Crippen molar-refractivity contribution in [1.82, 2.24) is 5.32 Å². The van der Waals surface area contributed by atoms with Crippen LogP contribution in [0.2, 0.25) is 0 Å². The lowest BCUT2D eigenvalue weighted by atomic mass is 10.1. The van der Waals surface area contributed by atoms with E-state index in [1.165, 1.54) is 0 Å². The Morgan fingerprint density at radius 1 is 0.848 bits per heavy atom. The van der Waals surface area contributed by atoms with Crippen molar-refractivity contribution in [2.75, 3.05) is 23.8 Å². The molecule has 0 spiro atoms. The molecule has 0 heterocycles. The Labute approximate surface area is 195 Å². The third kappa shape index (κ3) is 7.68. The number of nitrogens with one attached hydrogen (secondary N) is 3. The fraction of sp³-hybridized carbons (Fsp3) is 0.259. The zero-order chi connectivity index (χ0) is 23.6. The van der Waals surface area contributed by atoms with Crippen molar-refractivity contribution in [2.24, 2.45) is 5.92 Å². The summed E-state index contributed by atoms with van der Waals surface area (Å²) in [4.78, 5) is 24.8. The zero-order valence-corrected chi connectivity index (χ0v) is 19.3. The van der Waals surface area contributed by atoms with Crippen LogP contribution in [0.3, 0.4) is 0 Å². The van der Waals surface area contributed by atoms with Crippen LogP contribution < -0.4 is 20.7 Å². The SMILES string of the molecule is CC(C)COc1cccc(NCC(=O)Nc2ccc(C(=O)NC(C)c3ccccc3)cc2)c1. The molecular formula is C27H31N3O3. The molecule has 0 aliphatic heterocycles. The summed E-state index contributed by atoms with van der Waals surface area (Å²) in [6.07, 6.45) is 0. The third-order valence-electron chi connectivity index (χ3n) is 4.95. The van der Waals surface area contributed by atoms with Crippen LogP contribution in [0.5, 0.6) is 5.75 Å². The molecule has 6 heteroatoms. The molecule has 2 amide bonds. The lowest BCUT2D eigenvalue weighted by molar-refractivity contribution is -0.114. The van der Waals surface area contributed by atoms with Crippen LogP contribution in [-0.4, -0.2) is 25.0 Å². The zero-order valence-electron chi connectivity index (χ0n) is 19.3. The van der Waals surface area contributed by atoms with Gasteiger partial charge in [-0.05, 0) is 54.8 Å². The van der Waals surface area contributed by atoms with Gasteiger partial charge in [0, 0.05) is 23.0 Å². The lowest BCUT2D eigenvalue weighted by Gasteiger charge is -2.14. The molecule has 3 aromatic rings. The van der Waals surface area contributed by atoms with E-state index in [4.69, 9.17) is 4.74 Å². The van der Waals surface area contributed by atoms with Gasteiger partial charge in [-0.3, -0.25) is 9.59 Å². The third-order valence-corrected chi connectivity index (χ3v) is 4.95. The molecule has 0 aliphatic carbocycles. The van der Waals surface area contributed by atoms with Crippen molar-refractivity contribution >= 4 is 23.2 Å². The van der Waals surface area contributed by atoms with Gasteiger partial charge in [0.05, 0.1) is 19.2 Å². The predicted molar refractivity (Wildman–Crippen MR) is 133 cm³/mol. The van der Waals surface area contributed by atoms with Crippen LogP contribution >= 0.6 is 0 Å². The number of carbonyl (C=O) groups is 2. The molecule has 1 atom stereocenters. The first-order valence-corrected chi connectivity index (χ1v) is 11.1. The standard InChI is InChI=1S/C27H31N3O3/c1-19(2)18-33-25-11-7-10-24(16-25)28-17-26(31)30-23-14-12-22(13-15-23)27(32)29-20(3)21-8-5-4-6-9-21/h4-16,19-20,28H,17-18H2,1-3H3,(H,29,32)(H,30,31). The van der Waals surface area contributed by atoms with Gasteiger partial charge >= 0.3 is 0 Å². The molecule has 0 aliphatic rings. The van der Waals surface area contributed by atoms with Gasteiger partial charge in [0.1, 0.15) is 5.75 Å². The minimum Gasteiger partial charge on any atom is -0.493 e. The smallest absolute Gasteiger partial charge is 0.251 e. The van der Waals surface area contributed by atoms with Gasteiger partial charge in [-0.2, -0.15) is 0 Å². The van der Waals surface area contributed by atoms with Crippen molar-refractivity contribution in [2.45, 2.75) is 26.8 Å². The van der Waals surface area contributed by atoms with E-state index in [2.05, 4.69) is 29.8 Å². The fourth-order valence-electron chi connectivity index (χ4n) is 3.16. The summed E-state index contributed by atoms with van der Waals surface area (Å²) in [6, 6.07) is 24.1. The van der Waals surface area contributed by atoms with Gasteiger partial charge in [-0.25, -0.2) is 0 Å². The Morgan fingerprint density at radius 3 is 2.27 bits per heavy atom. The van der Waals surface area contributed by atoms with Gasteiger partial charge in [0.2, 0.25) is 5.91 Å². The number of hydrogen-bond acceptors (Lipinski definition) is 4. The number of benzene rings is 3. The highest BCUT2D eigenvalue weighted by Crippen LogP contribution is 2.18. The van der Waals surface area contributed by atoms with Crippen molar-refractivity contribution in [3.05, 3.63) is 90.0 Å². The first kappa shape index (κ1) is 23.9. The van der Waals surface area contributed by atoms with E-state index < -0.39 is 0 Å². The van der Waals surface area contributed by atoms with E-state index in [9.17, 15) is 9.59 Å². The van der Waals surface area contributed by atoms with Crippen molar-refractivity contribution in [1.29, 1.82) is 0 Å². The molecule has 0 bridgehead atoms. The van der Waals surface area contributed by atoms with Crippen LogP contribution in [0, 0.1) is 5.92 Å². The minimum absolute atomic E-state index is 0.0987. The van der Waals surface area contributed by atoms with Crippen LogP contribution in [0.25, 0.3) is 0 Å². The Hall–Kier alpha value is -3.80. The lowest BCUT2D eigenvalue weighted by Crippen LogP contribution is -2.26. The fourth-order valence-corrected chi connectivity index (χ4v) is 3.16. The summed E-state index contributed by atoms with van der Waals surface area (Å²) in [7, 11) is 0. The Bertz CT molecular complexity index is 1050. The van der Waals surface area contributed by atoms with Crippen LogP contribution in [-0.2, 0) is 4.79 Å². The summed E-state index contributed by atoms with van der Waals surface area (Å²) in [5.41, 5.74) is 3.01. The second-order valence-corrected chi connectivity index (χ2v) is 8.32. The van der Waals surface area contributed by atoms with E-state index >= 15 is 0 Å². The molecule has 1 unspecified atom stereocenters. The monoisotopic (exact) mass is 445 g/mol. The van der Waals surface area contributed by atoms with E-state index in [1.807, 2.05) is 61.5 Å². The summed E-state index contributed by atoms with van der Waals surface area (Å²) in [5, 5.41) is 8.92. The first-order chi connectivity index (χ1) is 15.9. The highest BCUT2D eigenvalue weighted by molar-refractivity contribution is 5.96. The number of anilines is 2. The maximum absolute atomic E-state index is 12.5. The van der Waals surface area contributed by atoms with Crippen molar-refractivity contribution in [3.8, 4) is 5.75 Å². The van der Waals surface area contributed by atoms with E-state index in [0.717, 1.165) is 17.0 Å². The van der Waals surface area contributed by atoms with Gasteiger partial charge in [-0.1, -0.05) is 50.2 Å². The number of carbonyl (C=O) groups excluding carboxylic acids is 2. The van der Waals surface area contributed by atoms with Gasteiger partial charge in [-0.15, -0.1) is 0 Å². The number of hydrogen-bond donors (Lipinski definition) is 3. The van der Waals surface area contributed by atoms with Crippen LogP contribution in [0.1, 0.15) is 42.7 Å². The number of amides is 2. The minimum atomic E-state index is -0.182. The molecule has 6 nitrogen and oxygen atoms in total. The topological polar surface area (TPSA) is 79.5 Å². The molecule has 33 heavy (non-hydrogen) atoms. The molecular weight excluding hydrogens is 414 g/mol. The van der Waals surface area contributed by atoms with E-state index in [1.54, 1.807) is 24.3 Å². The molecule has 0 aromatic heterocycles. The summed E-state index contributed by atoms with van der Waals surface area (Å²) < 4.78 is 5.72. The van der Waals surface area contributed by atoms with E-state index in [-0.39, 0.29) is 24.4 Å². The van der Waals surface area contributed by atoms with Gasteiger partial charge in [0.15, 0.2) is 0 Å². The second kappa shape index (κ2) is 11.7. The van der Waals surface area contributed by atoms with Crippen molar-refractivity contribution in [3.63, 3.8) is 0 Å². The molecule has 0 radical (unpaired) electrons. The van der Waals surface area contributed by atoms with Gasteiger partial charge in [0.25, 0.3) is 5.91 Å². The highest BCUT2D eigenvalue weighted by atomic mass is 16.5. The number of rotatable bonds is 10. The second-order valence-electron chi connectivity index (χ2n) is 8.32. The Morgan fingerprint density at radius 2 is 1.58 bits per heavy atom. The first-order valence-electron chi connectivity index (χ1n) is 11.1. The van der Waals surface area contributed by atoms with Crippen molar-refractivity contribution < 1.29 is 14.3 Å². The predicted octanol–water partition coefficient (Wildman–Crippen LogP) is 5.26. The maximum atomic E-state index is 12.5. The molecule has 0 fully saturated rings. The van der Waals surface area contributed by atoms with Crippen LogP contribution in [0.4, 0.5) is 11.4 Å². The van der Waals surface area contributed by atoms with E-state index in [0.29, 0.717) is 23.8 Å². The normalized spacial score (nSPS) is 11.5. The Kier molecular flexibility index (Phi) is 8.47. The maximum Gasteiger partial charge on any atom is 0.251 e. The number of ether oxygens (including phenoxy) is 1. The quantitative estimate of drug-likeness (QED) is 0.398. The molecule has 3 rings (SSSR count). The largest absolute Gasteiger partial charge is 0.493 e. The molecule has 0 saturated carbocycles. The molecule has 3 N–H and O–H groups in total. The molecule has 3 aromatic carbocycles. The summed E-state index contributed by atoms with van der Waals surface area (Å²) in [5.74, 6) is 0.866. The van der Waals surface area contributed by atoms with Crippen LogP contribution in [0.15, 0.2) is 78.9 Å². The summed E-state index contributed by atoms with van der Waals surface area (Å²) in [6.45, 7) is 6.89. The average Bonchev–Trinajstić information content (AvgIpc) is 2.82.